The van der Waals surface area contributed by atoms with Crippen LogP contribution < -0.4 is 4.57 Å². The van der Waals surface area contributed by atoms with E-state index in [-0.39, 0.29) is 17.3 Å². The lowest BCUT2D eigenvalue weighted by molar-refractivity contribution is -0.579. The predicted octanol–water partition coefficient (Wildman–Crippen LogP) is 3.63. The Hall–Kier alpha value is -2.69. The summed E-state index contributed by atoms with van der Waals surface area (Å²) in [5.74, 6) is -0.555. The summed E-state index contributed by atoms with van der Waals surface area (Å²) in [7, 11) is 2.00. The number of aromatic nitrogens is 2. The highest BCUT2D eigenvalue weighted by Crippen LogP contribution is 2.65. The van der Waals surface area contributed by atoms with Crippen LogP contribution in [0.5, 0.6) is 0 Å². The molecular formula is C23H25N2O3+. The summed E-state index contributed by atoms with van der Waals surface area (Å²) in [5, 5.41) is 2.25. The van der Waals surface area contributed by atoms with Crippen LogP contribution in [0.3, 0.4) is 0 Å². The minimum atomic E-state index is -1.14. The summed E-state index contributed by atoms with van der Waals surface area (Å²) in [6, 6.07) is 10.2. The molecule has 2 aromatic heterocycles. The number of cyclic esters (lactones) is 1. The molecule has 0 unspecified atom stereocenters. The van der Waals surface area contributed by atoms with Crippen LogP contribution in [0.4, 0.5) is 0 Å². The van der Waals surface area contributed by atoms with Crippen molar-refractivity contribution in [1.82, 2.24) is 4.57 Å². The Morgan fingerprint density at radius 2 is 1.79 bits per heavy atom. The van der Waals surface area contributed by atoms with Crippen LogP contribution in [-0.2, 0) is 16.6 Å². The van der Waals surface area contributed by atoms with E-state index in [1.54, 1.807) is 10.8 Å². The molecule has 2 fully saturated rings. The summed E-state index contributed by atoms with van der Waals surface area (Å²) >= 11 is 0. The summed E-state index contributed by atoms with van der Waals surface area (Å²) in [5.41, 5.74) is 0.305. The van der Waals surface area contributed by atoms with Gasteiger partial charge in [0.05, 0.1) is 6.61 Å². The number of carbonyl (C=O) groups excluding carboxylic acids is 2. The van der Waals surface area contributed by atoms with Gasteiger partial charge in [0, 0.05) is 40.2 Å². The van der Waals surface area contributed by atoms with Crippen LogP contribution in [0.25, 0.3) is 21.8 Å². The van der Waals surface area contributed by atoms with E-state index in [1.165, 1.54) is 0 Å². The maximum absolute atomic E-state index is 13.8. The topological polar surface area (TPSA) is 52.2 Å². The highest BCUT2D eigenvalue weighted by Gasteiger charge is 2.74. The quantitative estimate of drug-likeness (QED) is 0.370. The Balaban J connectivity index is 1.70. The molecule has 0 N–H and O–H groups in total. The maximum Gasteiger partial charge on any atom is 0.410 e. The first kappa shape index (κ1) is 17.4. The van der Waals surface area contributed by atoms with E-state index in [0.29, 0.717) is 13.0 Å². The van der Waals surface area contributed by atoms with Crippen molar-refractivity contribution in [3.8, 4) is 0 Å². The van der Waals surface area contributed by atoms with Crippen LogP contribution in [0.2, 0.25) is 0 Å². The van der Waals surface area contributed by atoms with Crippen molar-refractivity contribution in [3.05, 3.63) is 42.7 Å². The number of ether oxygens (including phenoxy) is 1. The van der Waals surface area contributed by atoms with Crippen molar-refractivity contribution < 1.29 is 18.9 Å². The second kappa shape index (κ2) is 5.22. The van der Waals surface area contributed by atoms with E-state index in [4.69, 9.17) is 4.74 Å². The first-order valence-electron chi connectivity index (χ1n) is 9.83. The summed E-state index contributed by atoms with van der Waals surface area (Å²) in [4.78, 5) is 26.7. The fourth-order valence-corrected chi connectivity index (χ4v) is 5.47. The molecule has 5 heteroatoms. The largest absolute Gasteiger partial charge is 0.464 e. The molecule has 0 radical (unpaired) electrons. The van der Waals surface area contributed by atoms with Gasteiger partial charge in [-0.05, 0) is 18.9 Å². The van der Waals surface area contributed by atoms with Gasteiger partial charge in [0.25, 0.3) is 0 Å². The SMILES string of the molecule is Cn1c2ccccc2c2cc[n+](C(=O)[C@@]34CC[C@@](C)(COC3=O)C4(C)C)cc21. The molecule has 5 rings (SSSR count). The van der Waals surface area contributed by atoms with Gasteiger partial charge in [-0.15, -0.1) is 4.57 Å². The Kier molecular flexibility index (Phi) is 3.25. The maximum atomic E-state index is 13.8. The van der Waals surface area contributed by atoms with Gasteiger partial charge < -0.3 is 9.30 Å². The number of fused-ring (bicyclic) bond motifs is 5. The first-order valence-corrected chi connectivity index (χ1v) is 9.83. The van der Waals surface area contributed by atoms with E-state index in [9.17, 15) is 9.59 Å². The molecule has 2 bridgehead atoms. The monoisotopic (exact) mass is 377 g/mol. The van der Waals surface area contributed by atoms with Gasteiger partial charge in [-0.1, -0.05) is 39.0 Å². The third kappa shape index (κ3) is 1.80. The van der Waals surface area contributed by atoms with Gasteiger partial charge >= 0.3 is 11.9 Å². The van der Waals surface area contributed by atoms with Crippen molar-refractivity contribution in [1.29, 1.82) is 0 Å². The van der Waals surface area contributed by atoms with Crippen LogP contribution in [0.1, 0.15) is 38.4 Å². The number of para-hydroxylation sites is 1. The molecular weight excluding hydrogens is 352 g/mol. The van der Waals surface area contributed by atoms with E-state index < -0.39 is 10.8 Å². The predicted molar refractivity (Wildman–Crippen MR) is 106 cm³/mol. The fourth-order valence-electron chi connectivity index (χ4n) is 5.47. The molecule has 3 aromatic rings. The molecule has 2 atom stereocenters. The Morgan fingerprint density at radius 3 is 2.57 bits per heavy atom. The zero-order valence-electron chi connectivity index (χ0n) is 16.8. The van der Waals surface area contributed by atoms with Crippen LogP contribution in [0, 0.1) is 16.2 Å². The molecule has 1 saturated carbocycles. The zero-order chi connectivity index (χ0) is 19.9. The second-order valence-electron chi connectivity index (χ2n) is 9.20. The summed E-state index contributed by atoms with van der Waals surface area (Å²) < 4.78 is 9.22. The van der Waals surface area contributed by atoms with Crippen LogP contribution in [0.15, 0.2) is 42.7 Å². The number of hydrogen-bond acceptors (Lipinski definition) is 3. The van der Waals surface area contributed by atoms with Crippen molar-refractivity contribution >= 4 is 33.7 Å². The van der Waals surface area contributed by atoms with Gasteiger partial charge in [0.1, 0.15) is 5.52 Å². The molecule has 1 saturated heterocycles. The molecule has 5 nitrogen and oxygen atoms in total. The van der Waals surface area contributed by atoms with Gasteiger partial charge in [-0.2, -0.15) is 0 Å². The molecule has 0 amide bonds. The molecule has 3 heterocycles. The molecule has 144 valence electrons. The Morgan fingerprint density at radius 1 is 1.07 bits per heavy atom. The number of carbonyl (C=O) groups is 2. The number of hydrogen-bond donors (Lipinski definition) is 0. The summed E-state index contributed by atoms with van der Waals surface area (Å²) in [6.07, 6.45) is 5.00. The van der Waals surface area contributed by atoms with Crippen molar-refractivity contribution in [2.24, 2.45) is 23.3 Å². The number of esters is 1. The first-order chi connectivity index (χ1) is 13.2. The average molecular weight is 377 g/mol. The standard InChI is InChI=1S/C23H25N2O3/c1-21(2)22(3)10-11-23(21,20(27)28-14-22)19(26)25-12-9-16-15-7-5-6-8-17(15)24(4)18(16)13-25/h5-9,12-13H,10-11,14H2,1-4H3/q+1/t22-,23-/m0/s1. The van der Waals surface area contributed by atoms with Gasteiger partial charge in [-0.25, -0.2) is 4.79 Å². The average Bonchev–Trinajstić information content (AvgIpc) is 3.02. The number of pyridine rings is 1. The number of aryl methyl sites for hydroxylation is 1. The van der Waals surface area contributed by atoms with Gasteiger partial charge in [0.15, 0.2) is 11.6 Å². The Bertz CT molecular complexity index is 1180. The van der Waals surface area contributed by atoms with Crippen LogP contribution in [-0.4, -0.2) is 23.1 Å². The van der Waals surface area contributed by atoms with Crippen molar-refractivity contribution in [2.45, 2.75) is 33.6 Å². The van der Waals surface area contributed by atoms with Crippen molar-refractivity contribution in [3.63, 3.8) is 0 Å². The third-order valence-corrected chi connectivity index (χ3v) is 7.95. The van der Waals surface area contributed by atoms with E-state index in [0.717, 1.165) is 28.2 Å². The van der Waals surface area contributed by atoms with E-state index >= 15 is 0 Å². The van der Waals surface area contributed by atoms with E-state index in [2.05, 4.69) is 23.6 Å². The normalized spacial score (nSPS) is 28.6. The number of rotatable bonds is 1. The lowest BCUT2D eigenvalue weighted by atomic mass is 9.57. The molecule has 1 aromatic carbocycles. The number of nitrogens with zero attached hydrogens (tertiary/aromatic N) is 2. The third-order valence-electron chi connectivity index (χ3n) is 7.95. The molecule has 28 heavy (non-hydrogen) atoms. The Labute approximate surface area is 163 Å². The molecule has 0 spiro atoms. The van der Waals surface area contributed by atoms with Gasteiger partial charge in [-0.3, -0.25) is 4.79 Å². The molecule has 2 aliphatic rings. The fraction of sp³-hybridized carbons (Fsp3) is 0.435. The number of benzene rings is 1. The minimum Gasteiger partial charge on any atom is -0.464 e. The smallest absolute Gasteiger partial charge is 0.410 e. The molecule has 1 aliphatic heterocycles. The highest BCUT2D eigenvalue weighted by atomic mass is 16.5. The zero-order valence-corrected chi connectivity index (χ0v) is 16.8. The minimum absolute atomic E-state index is 0.180. The van der Waals surface area contributed by atoms with Gasteiger partial charge in [0.2, 0.25) is 6.20 Å². The lowest BCUT2D eigenvalue weighted by Crippen LogP contribution is -2.64. The second-order valence-corrected chi connectivity index (χ2v) is 9.20. The lowest BCUT2D eigenvalue weighted by Gasteiger charge is -2.48. The summed E-state index contributed by atoms with van der Waals surface area (Å²) in [6.45, 7) is 6.62. The molecule has 1 aliphatic carbocycles. The van der Waals surface area contributed by atoms with Crippen molar-refractivity contribution in [2.75, 3.05) is 6.61 Å². The van der Waals surface area contributed by atoms with Crippen LogP contribution >= 0.6 is 0 Å². The highest BCUT2D eigenvalue weighted by molar-refractivity contribution is 6.08. The van der Waals surface area contributed by atoms with E-state index in [1.807, 2.05) is 45.3 Å².